The molecule has 0 amide bonds. The molecule has 0 spiro atoms. The molecule has 1 heterocycles. The van der Waals surface area contributed by atoms with Crippen LogP contribution in [0.2, 0.25) is 0 Å². The maximum Gasteiger partial charge on any atom is 0.305 e. The Kier molecular flexibility index (Phi) is 23.2. The third kappa shape index (κ3) is 23.1. The molecule has 6 heteroatoms. The monoisotopic (exact) mass is 430 g/mol. The zero-order valence-electron chi connectivity index (χ0n) is 19.1. The van der Waals surface area contributed by atoms with Crippen molar-refractivity contribution in [3.05, 3.63) is 0 Å². The fourth-order valence-electron chi connectivity index (χ4n) is 3.38. The van der Waals surface area contributed by atoms with Gasteiger partial charge in [-0.25, -0.2) is 0 Å². The third-order valence-electron chi connectivity index (χ3n) is 5.18. The summed E-state index contributed by atoms with van der Waals surface area (Å²) in [5.41, 5.74) is 0. The number of cyclic esters (lactones) is 2. The summed E-state index contributed by atoms with van der Waals surface area (Å²) in [7, 11) is 0. The standard InChI is InChI=1S/C22H40O4.C2H6O2/c23-21-17-13-9-5-1-2-6-10-14-18-22(24)26-20-16-12-8-4-3-7-11-15-19-25-21;3-1-2-4/h1-20H2;3-4H,1-2H2. The van der Waals surface area contributed by atoms with Crippen molar-refractivity contribution >= 4 is 11.9 Å². The molecule has 0 aromatic heterocycles. The van der Waals surface area contributed by atoms with E-state index in [9.17, 15) is 9.59 Å². The number of aliphatic hydroxyl groups is 2. The van der Waals surface area contributed by atoms with Crippen LogP contribution in [0.1, 0.15) is 116 Å². The molecule has 1 rings (SSSR count). The summed E-state index contributed by atoms with van der Waals surface area (Å²) in [6.07, 6.45) is 19.3. The minimum atomic E-state index is -0.125. The number of rotatable bonds is 1. The highest BCUT2D eigenvalue weighted by molar-refractivity contribution is 5.69. The number of hydrogen-bond acceptors (Lipinski definition) is 6. The van der Waals surface area contributed by atoms with E-state index >= 15 is 0 Å². The van der Waals surface area contributed by atoms with Gasteiger partial charge in [0.05, 0.1) is 26.4 Å². The molecule has 2 N–H and O–H groups in total. The van der Waals surface area contributed by atoms with Gasteiger partial charge in [-0.1, -0.05) is 77.0 Å². The average Bonchev–Trinajstić information content (AvgIpc) is 2.75. The van der Waals surface area contributed by atoms with Gasteiger partial charge in [0.2, 0.25) is 0 Å². The lowest BCUT2D eigenvalue weighted by atomic mass is 10.1. The van der Waals surface area contributed by atoms with E-state index in [0.29, 0.717) is 26.1 Å². The molecule has 1 aliphatic rings. The van der Waals surface area contributed by atoms with E-state index < -0.39 is 0 Å². The molecule has 0 aromatic rings. The van der Waals surface area contributed by atoms with Gasteiger partial charge in [0.15, 0.2) is 0 Å². The molecular formula is C24H46O6. The van der Waals surface area contributed by atoms with Gasteiger partial charge in [-0.3, -0.25) is 9.59 Å². The minimum Gasteiger partial charge on any atom is -0.466 e. The Hall–Kier alpha value is -1.14. The van der Waals surface area contributed by atoms with Crippen LogP contribution in [0.5, 0.6) is 0 Å². The highest BCUT2D eigenvalue weighted by Gasteiger charge is 2.04. The number of esters is 2. The molecule has 0 unspecified atom stereocenters. The van der Waals surface area contributed by atoms with Crippen molar-refractivity contribution in [2.24, 2.45) is 0 Å². The predicted octanol–water partition coefficient (Wildman–Crippen LogP) is 5.08. The van der Waals surface area contributed by atoms with Crippen LogP contribution in [0.25, 0.3) is 0 Å². The second kappa shape index (κ2) is 24.1. The van der Waals surface area contributed by atoms with Crippen molar-refractivity contribution < 1.29 is 29.3 Å². The number of carbonyl (C=O) groups is 2. The SMILES string of the molecule is O=C1CCCCCCCCCCC(=O)OCCCCCCCCCCO1.OCCO. The Bertz CT molecular complexity index is 350. The van der Waals surface area contributed by atoms with Crippen molar-refractivity contribution in [3.63, 3.8) is 0 Å². The van der Waals surface area contributed by atoms with Gasteiger partial charge in [-0.15, -0.1) is 0 Å². The fraction of sp³-hybridized carbons (Fsp3) is 0.917. The summed E-state index contributed by atoms with van der Waals surface area (Å²) in [6.45, 7) is 0.925. The normalized spacial score (nSPS) is 20.6. The van der Waals surface area contributed by atoms with Gasteiger partial charge in [0.25, 0.3) is 0 Å². The lowest BCUT2D eigenvalue weighted by Gasteiger charge is -2.07. The molecule has 30 heavy (non-hydrogen) atoms. The molecule has 0 atom stereocenters. The number of carbonyl (C=O) groups excluding carboxylic acids is 2. The number of aliphatic hydroxyl groups excluding tert-OH is 2. The Morgan fingerprint density at radius 1 is 0.467 bits per heavy atom. The molecule has 1 aliphatic heterocycles. The molecule has 1 saturated heterocycles. The number of hydrogen-bond donors (Lipinski definition) is 2. The highest BCUT2D eigenvalue weighted by atomic mass is 16.5. The van der Waals surface area contributed by atoms with Gasteiger partial charge in [0.1, 0.15) is 0 Å². The van der Waals surface area contributed by atoms with E-state index in [-0.39, 0.29) is 25.2 Å². The maximum absolute atomic E-state index is 11.7. The Labute approximate surface area is 183 Å². The lowest BCUT2D eigenvalue weighted by molar-refractivity contribution is -0.144. The smallest absolute Gasteiger partial charge is 0.305 e. The second-order valence-corrected chi connectivity index (χ2v) is 8.05. The number of ether oxygens (including phenoxy) is 2. The van der Waals surface area contributed by atoms with Crippen molar-refractivity contribution in [2.45, 2.75) is 116 Å². The van der Waals surface area contributed by atoms with Crippen LogP contribution >= 0.6 is 0 Å². The Morgan fingerprint density at radius 2 is 0.733 bits per heavy atom. The summed E-state index contributed by atoms with van der Waals surface area (Å²) in [5.74, 6) is -0.0438. The van der Waals surface area contributed by atoms with Gasteiger partial charge in [-0.05, 0) is 25.7 Å². The molecular weight excluding hydrogens is 384 g/mol. The first-order valence-electron chi connectivity index (χ1n) is 12.2. The van der Waals surface area contributed by atoms with Gasteiger partial charge in [0, 0.05) is 12.8 Å². The summed E-state index contributed by atoms with van der Waals surface area (Å²) in [5, 5.41) is 15.2. The molecule has 0 radical (unpaired) electrons. The van der Waals surface area contributed by atoms with Crippen molar-refractivity contribution in [3.8, 4) is 0 Å². The van der Waals surface area contributed by atoms with Crippen LogP contribution in [0.3, 0.4) is 0 Å². The maximum atomic E-state index is 11.7. The first-order valence-corrected chi connectivity index (χ1v) is 12.2. The molecule has 0 aliphatic carbocycles. The van der Waals surface area contributed by atoms with Crippen LogP contribution in [0.15, 0.2) is 0 Å². The zero-order chi connectivity index (χ0) is 22.1. The molecule has 0 saturated carbocycles. The van der Waals surface area contributed by atoms with Gasteiger partial charge >= 0.3 is 11.9 Å². The predicted molar refractivity (Wildman–Crippen MR) is 119 cm³/mol. The van der Waals surface area contributed by atoms with Crippen molar-refractivity contribution in [1.29, 1.82) is 0 Å². The molecule has 0 aromatic carbocycles. The van der Waals surface area contributed by atoms with Crippen LogP contribution in [0, 0.1) is 0 Å². The largest absolute Gasteiger partial charge is 0.466 e. The first kappa shape index (κ1) is 28.9. The molecule has 6 nitrogen and oxygen atoms in total. The summed E-state index contributed by atoms with van der Waals surface area (Å²) in [6, 6.07) is 0. The summed E-state index contributed by atoms with van der Waals surface area (Å²) in [4.78, 5) is 23.3. The van der Waals surface area contributed by atoms with E-state index in [1.54, 1.807) is 0 Å². The molecule has 0 bridgehead atoms. The summed E-state index contributed by atoms with van der Waals surface area (Å²) >= 11 is 0. The average molecular weight is 431 g/mol. The zero-order valence-corrected chi connectivity index (χ0v) is 19.1. The van der Waals surface area contributed by atoms with E-state index in [2.05, 4.69) is 0 Å². The van der Waals surface area contributed by atoms with Crippen LogP contribution in [-0.4, -0.2) is 48.6 Å². The quantitative estimate of drug-likeness (QED) is 0.564. The van der Waals surface area contributed by atoms with E-state index in [1.807, 2.05) is 0 Å². The summed E-state index contributed by atoms with van der Waals surface area (Å²) < 4.78 is 10.6. The molecule has 1 fully saturated rings. The van der Waals surface area contributed by atoms with E-state index in [0.717, 1.165) is 51.4 Å². The van der Waals surface area contributed by atoms with Crippen molar-refractivity contribution in [2.75, 3.05) is 26.4 Å². The third-order valence-corrected chi connectivity index (χ3v) is 5.18. The van der Waals surface area contributed by atoms with Crippen LogP contribution in [-0.2, 0) is 19.1 Å². The van der Waals surface area contributed by atoms with Crippen LogP contribution in [0.4, 0.5) is 0 Å². The van der Waals surface area contributed by atoms with Gasteiger partial charge in [-0.2, -0.15) is 0 Å². The van der Waals surface area contributed by atoms with Gasteiger partial charge < -0.3 is 19.7 Å². The van der Waals surface area contributed by atoms with Crippen LogP contribution < -0.4 is 0 Å². The Morgan fingerprint density at radius 3 is 1.03 bits per heavy atom. The van der Waals surface area contributed by atoms with Crippen molar-refractivity contribution in [1.82, 2.24) is 0 Å². The fourth-order valence-corrected chi connectivity index (χ4v) is 3.38. The minimum absolute atomic E-state index is 0.0219. The highest BCUT2D eigenvalue weighted by Crippen LogP contribution is 2.12. The Balaban J connectivity index is 0.00000192. The van der Waals surface area contributed by atoms with E-state index in [4.69, 9.17) is 19.7 Å². The van der Waals surface area contributed by atoms with E-state index in [1.165, 1.54) is 51.4 Å². The second-order valence-electron chi connectivity index (χ2n) is 8.05. The topological polar surface area (TPSA) is 93.1 Å². The molecule has 178 valence electrons. The lowest BCUT2D eigenvalue weighted by Crippen LogP contribution is -2.06. The first-order chi connectivity index (χ1) is 14.7.